The maximum absolute atomic E-state index is 13.5. The van der Waals surface area contributed by atoms with Crippen molar-refractivity contribution >= 4 is 15.7 Å². The van der Waals surface area contributed by atoms with Gasteiger partial charge in [-0.1, -0.05) is 23.4 Å². The van der Waals surface area contributed by atoms with Crippen molar-refractivity contribution in [2.24, 2.45) is 0 Å². The van der Waals surface area contributed by atoms with Crippen molar-refractivity contribution in [2.45, 2.75) is 11.3 Å². The van der Waals surface area contributed by atoms with Gasteiger partial charge in [-0.05, 0) is 42.0 Å². The number of sulfonamides is 1. The summed E-state index contributed by atoms with van der Waals surface area (Å²) in [5.41, 5.74) is 1.49. The molecule has 0 aliphatic rings. The molecule has 2 aromatic carbocycles. The van der Waals surface area contributed by atoms with Crippen molar-refractivity contribution in [3.05, 3.63) is 90.1 Å². The lowest BCUT2D eigenvalue weighted by Crippen LogP contribution is -2.15. The van der Waals surface area contributed by atoms with Crippen LogP contribution in [-0.2, 0) is 16.4 Å². The van der Waals surface area contributed by atoms with E-state index in [0.717, 1.165) is 12.1 Å². The standard InChI is InChI=1S/C20H14F2N4O3S/c21-16-8-7-15(11-17(16)22)30(27,28)26-18-6-2-1-4-13(18)10-19-24-20(25-29-19)14-5-3-9-23-12-14/h1-9,11-12,26H,10H2. The molecule has 0 amide bonds. The zero-order valence-corrected chi connectivity index (χ0v) is 16.1. The molecule has 30 heavy (non-hydrogen) atoms. The van der Waals surface area contributed by atoms with Gasteiger partial charge in [-0.3, -0.25) is 9.71 Å². The SMILES string of the molecule is O=S(=O)(Nc1ccccc1Cc1nc(-c2cccnc2)no1)c1ccc(F)c(F)c1. The molecule has 2 heterocycles. The highest BCUT2D eigenvalue weighted by molar-refractivity contribution is 7.92. The maximum atomic E-state index is 13.5. The third kappa shape index (κ3) is 4.18. The lowest BCUT2D eigenvalue weighted by Gasteiger charge is -2.12. The van der Waals surface area contributed by atoms with E-state index in [1.54, 1.807) is 48.8 Å². The van der Waals surface area contributed by atoms with Gasteiger partial charge in [0.15, 0.2) is 11.6 Å². The Morgan fingerprint density at radius 1 is 1.00 bits per heavy atom. The molecule has 0 bridgehead atoms. The molecule has 0 saturated carbocycles. The van der Waals surface area contributed by atoms with Crippen molar-refractivity contribution in [1.29, 1.82) is 0 Å². The van der Waals surface area contributed by atoms with E-state index in [2.05, 4.69) is 19.8 Å². The molecule has 4 rings (SSSR count). The molecule has 0 aliphatic heterocycles. The number of hydrogen-bond acceptors (Lipinski definition) is 6. The number of halogens is 2. The van der Waals surface area contributed by atoms with E-state index >= 15 is 0 Å². The Kier molecular flexibility index (Phi) is 5.23. The zero-order chi connectivity index (χ0) is 21.1. The molecule has 0 aliphatic carbocycles. The lowest BCUT2D eigenvalue weighted by atomic mass is 10.1. The summed E-state index contributed by atoms with van der Waals surface area (Å²) in [7, 11) is -4.14. The summed E-state index contributed by atoms with van der Waals surface area (Å²) in [5, 5.41) is 3.91. The van der Waals surface area contributed by atoms with Crippen LogP contribution in [0, 0.1) is 11.6 Å². The predicted octanol–water partition coefficient (Wildman–Crippen LogP) is 3.80. The van der Waals surface area contributed by atoms with Crippen LogP contribution in [0.2, 0.25) is 0 Å². The minimum atomic E-state index is -4.14. The minimum Gasteiger partial charge on any atom is -0.339 e. The third-order valence-electron chi connectivity index (χ3n) is 4.19. The highest BCUT2D eigenvalue weighted by Crippen LogP contribution is 2.24. The first-order valence-corrected chi connectivity index (χ1v) is 10.2. The fourth-order valence-corrected chi connectivity index (χ4v) is 3.84. The first kappa shape index (κ1) is 19.6. The summed E-state index contributed by atoms with van der Waals surface area (Å²) < 4.78 is 59.4. The van der Waals surface area contributed by atoms with Gasteiger partial charge in [-0.2, -0.15) is 4.98 Å². The first-order valence-electron chi connectivity index (χ1n) is 8.71. The van der Waals surface area contributed by atoms with Crippen LogP contribution in [0.3, 0.4) is 0 Å². The van der Waals surface area contributed by atoms with Crippen molar-refractivity contribution in [2.75, 3.05) is 4.72 Å². The number of hydrogen-bond donors (Lipinski definition) is 1. The number of nitrogens with one attached hydrogen (secondary N) is 1. The topological polar surface area (TPSA) is 98.0 Å². The molecule has 4 aromatic rings. The average molecular weight is 428 g/mol. The molecule has 0 saturated heterocycles. The molecule has 1 N–H and O–H groups in total. The molecule has 10 heteroatoms. The summed E-state index contributed by atoms with van der Waals surface area (Å²) in [4.78, 5) is 7.91. The number of aromatic nitrogens is 3. The van der Waals surface area contributed by atoms with E-state index in [9.17, 15) is 17.2 Å². The van der Waals surface area contributed by atoms with Crippen LogP contribution in [0.15, 0.2) is 76.4 Å². The highest BCUT2D eigenvalue weighted by Gasteiger charge is 2.19. The number of pyridine rings is 1. The average Bonchev–Trinajstić information content (AvgIpc) is 3.20. The second-order valence-corrected chi connectivity index (χ2v) is 7.95. The summed E-state index contributed by atoms with van der Waals surface area (Å²) in [6, 6.07) is 12.5. The van der Waals surface area contributed by atoms with Crippen molar-refractivity contribution in [3.8, 4) is 11.4 Å². The second kappa shape index (κ2) is 7.99. The van der Waals surface area contributed by atoms with E-state index in [1.165, 1.54) is 0 Å². The Morgan fingerprint density at radius 3 is 2.60 bits per heavy atom. The van der Waals surface area contributed by atoms with Gasteiger partial charge in [-0.15, -0.1) is 0 Å². The van der Waals surface area contributed by atoms with Crippen LogP contribution in [-0.4, -0.2) is 23.5 Å². The van der Waals surface area contributed by atoms with Crippen LogP contribution < -0.4 is 4.72 Å². The van der Waals surface area contributed by atoms with Crippen LogP contribution >= 0.6 is 0 Å². The molecule has 0 atom stereocenters. The Hall–Kier alpha value is -3.66. The van der Waals surface area contributed by atoms with Gasteiger partial charge in [0, 0.05) is 18.0 Å². The van der Waals surface area contributed by atoms with E-state index in [0.29, 0.717) is 23.0 Å². The van der Waals surface area contributed by atoms with Crippen molar-refractivity contribution in [1.82, 2.24) is 15.1 Å². The van der Waals surface area contributed by atoms with Gasteiger partial charge < -0.3 is 4.52 Å². The highest BCUT2D eigenvalue weighted by atomic mass is 32.2. The largest absolute Gasteiger partial charge is 0.339 e. The number of anilines is 1. The molecular formula is C20H14F2N4O3S. The summed E-state index contributed by atoms with van der Waals surface area (Å²) in [6.45, 7) is 0. The van der Waals surface area contributed by atoms with Gasteiger partial charge in [-0.25, -0.2) is 17.2 Å². The molecule has 0 fully saturated rings. The molecule has 0 spiro atoms. The molecule has 7 nitrogen and oxygen atoms in total. The number of rotatable bonds is 6. The van der Waals surface area contributed by atoms with E-state index < -0.39 is 26.6 Å². The molecular weight excluding hydrogens is 414 g/mol. The number of benzene rings is 2. The van der Waals surface area contributed by atoms with Gasteiger partial charge in [0.25, 0.3) is 10.0 Å². The van der Waals surface area contributed by atoms with Gasteiger partial charge in [0.1, 0.15) is 0 Å². The smallest absolute Gasteiger partial charge is 0.262 e. The Labute approximate surface area is 170 Å². The monoisotopic (exact) mass is 428 g/mol. The lowest BCUT2D eigenvalue weighted by molar-refractivity contribution is 0.386. The third-order valence-corrected chi connectivity index (χ3v) is 5.56. The van der Waals surface area contributed by atoms with Gasteiger partial charge in [0.05, 0.1) is 17.0 Å². The number of nitrogens with zero attached hydrogens (tertiary/aromatic N) is 3. The fourth-order valence-electron chi connectivity index (χ4n) is 2.72. The quantitative estimate of drug-likeness (QED) is 0.502. The molecule has 0 radical (unpaired) electrons. The second-order valence-electron chi connectivity index (χ2n) is 6.27. The van der Waals surface area contributed by atoms with E-state index in [4.69, 9.17) is 4.52 Å². The molecule has 152 valence electrons. The van der Waals surface area contributed by atoms with Crippen LogP contribution in [0.4, 0.5) is 14.5 Å². The zero-order valence-electron chi connectivity index (χ0n) is 15.3. The van der Waals surface area contributed by atoms with Gasteiger partial charge >= 0.3 is 0 Å². The van der Waals surface area contributed by atoms with Gasteiger partial charge in [0.2, 0.25) is 11.7 Å². The normalized spacial score (nSPS) is 11.4. The van der Waals surface area contributed by atoms with Crippen LogP contribution in [0.5, 0.6) is 0 Å². The number of para-hydroxylation sites is 1. The molecule has 0 unspecified atom stereocenters. The maximum Gasteiger partial charge on any atom is 0.262 e. The first-order chi connectivity index (χ1) is 14.4. The van der Waals surface area contributed by atoms with Crippen LogP contribution in [0.1, 0.15) is 11.5 Å². The van der Waals surface area contributed by atoms with E-state index in [1.807, 2.05) is 0 Å². The molecule has 2 aromatic heterocycles. The summed E-state index contributed by atoms with van der Waals surface area (Å²) in [5.74, 6) is -1.75. The predicted molar refractivity (Wildman–Crippen MR) is 104 cm³/mol. The Bertz CT molecular complexity index is 1290. The summed E-state index contributed by atoms with van der Waals surface area (Å²) >= 11 is 0. The van der Waals surface area contributed by atoms with E-state index in [-0.39, 0.29) is 18.0 Å². The minimum absolute atomic E-state index is 0.156. The summed E-state index contributed by atoms with van der Waals surface area (Å²) in [6.07, 6.45) is 3.38. The Balaban J connectivity index is 1.59. The van der Waals surface area contributed by atoms with Crippen molar-refractivity contribution in [3.63, 3.8) is 0 Å². The van der Waals surface area contributed by atoms with Crippen LogP contribution in [0.25, 0.3) is 11.4 Å². The fraction of sp³-hybridized carbons (Fsp3) is 0.0500. The van der Waals surface area contributed by atoms with Crippen molar-refractivity contribution < 1.29 is 21.7 Å². The Morgan fingerprint density at radius 2 is 1.83 bits per heavy atom.